The number of fused-ring (bicyclic) bond motifs is 1. The lowest BCUT2D eigenvalue weighted by Crippen LogP contribution is -2.34. The number of halogens is 2. The minimum atomic E-state index is -0.377. The Labute approximate surface area is 221 Å². The van der Waals surface area contributed by atoms with E-state index in [0.717, 1.165) is 27.8 Å². The number of pyridine rings is 2. The van der Waals surface area contributed by atoms with Gasteiger partial charge in [-0.3, -0.25) is 4.98 Å². The fraction of sp³-hybridized carbons (Fsp3) is 0.143. The number of nitrogens with zero attached hydrogens (tertiary/aromatic N) is 4. The summed E-state index contributed by atoms with van der Waals surface area (Å²) in [6.07, 6.45) is 2.84. The maximum absolute atomic E-state index is 15.6. The van der Waals surface area contributed by atoms with Crippen molar-refractivity contribution in [2.24, 2.45) is 0 Å². The van der Waals surface area contributed by atoms with Gasteiger partial charge in [-0.05, 0) is 35.9 Å². The van der Waals surface area contributed by atoms with Gasteiger partial charge in [0.2, 0.25) is 0 Å². The van der Waals surface area contributed by atoms with Gasteiger partial charge in [0.25, 0.3) is 0 Å². The average molecular weight is 557 g/mol. The van der Waals surface area contributed by atoms with Crippen LogP contribution in [0.15, 0.2) is 77.7 Å². The fourth-order valence-electron chi connectivity index (χ4n) is 4.79. The maximum Gasteiger partial charge on any atom is 0.165 e. The molecule has 0 radical (unpaired) electrons. The first-order valence-electron chi connectivity index (χ1n) is 11.8. The molecule has 5 aromatic rings. The molecule has 0 bridgehead atoms. The first kappa shape index (κ1) is 23.6. The summed E-state index contributed by atoms with van der Waals surface area (Å²) < 4.78 is 22.5. The van der Waals surface area contributed by atoms with Gasteiger partial charge in [-0.1, -0.05) is 46.3 Å². The first-order chi connectivity index (χ1) is 18.1. The van der Waals surface area contributed by atoms with E-state index in [1.807, 2.05) is 36.4 Å². The number of ether oxygens (including phenoxy) is 1. The Morgan fingerprint density at radius 3 is 2.65 bits per heavy atom. The third kappa shape index (κ3) is 4.35. The number of nitrogen functional groups attached to an aromatic ring is 1. The van der Waals surface area contributed by atoms with Crippen molar-refractivity contribution in [3.63, 3.8) is 0 Å². The smallest absolute Gasteiger partial charge is 0.165 e. The Kier molecular flexibility index (Phi) is 6.33. The van der Waals surface area contributed by atoms with Crippen LogP contribution < -0.4 is 11.1 Å². The second-order valence-corrected chi connectivity index (χ2v) is 9.57. The van der Waals surface area contributed by atoms with Gasteiger partial charge in [0.05, 0.1) is 23.4 Å². The van der Waals surface area contributed by atoms with Crippen molar-refractivity contribution in [3.8, 4) is 33.5 Å². The van der Waals surface area contributed by atoms with Crippen molar-refractivity contribution in [2.75, 3.05) is 25.4 Å². The summed E-state index contributed by atoms with van der Waals surface area (Å²) >= 11 is 3.58. The van der Waals surface area contributed by atoms with Crippen LogP contribution in [0.4, 0.5) is 10.2 Å². The van der Waals surface area contributed by atoms with E-state index < -0.39 is 0 Å². The highest BCUT2D eigenvalue weighted by Crippen LogP contribution is 2.46. The number of anilines is 1. The number of nitrogens with two attached hydrogens (primary N) is 1. The van der Waals surface area contributed by atoms with E-state index in [1.165, 1.54) is 12.4 Å². The zero-order valence-electron chi connectivity index (χ0n) is 19.7. The number of benzene rings is 2. The molecule has 1 saturated heterocycles. The van der Waals surface area contributed by atoms with Gasteiger partial charge in [-0.15, -0.1) is 0 Å². The molecule has 6 rings (SSSR count). The number of hydrogen-bond donors (Lipinski definition) is 2. The molecule has 9 heteroatoms. The summed E-state index contributed by atoms with van der Waals surface area (Å²) in [5.74, 6) is -0.111. The second-order valence-electron chi connectivity index (χ2n) is 8.66. The van der Waals surface area contributed by atoms with Crippen LogP contribution in [0.5, 0.6) is 0 Å². The number of morpholine rings is 1. The van der Waals surface area contributed by atoms with Crippen molar-refractivity contribution >= 4 is 32.8 Å². The van der Waals surface area contributed by atoms with Gasteiger partial charge in [0.1, 0.15) is 24.1 Å². The van der Waals surface area contributed by atoms with E-state index in [9.17, 15) is 0 Å². The van der Waals surface area contributed by atoms with E-state index in [2.05, 4.69) is 36.2 Å². The third-order valence-corrected chi connectivity index (χ3v) is 6.89. The average Bonchev–Trinajstić information content (AvgIpc) is 2.93. The molecule has 4 heterocycles. The number of rotatable bonds is 4. The molecular formula is C28H22BrFN6O. The standard InChI is InChI=1S/C28H22BrFN6O/c29-17-6-3-5-16(13-17)22-23(18-7-1-2-9-20(18)30)26(36-28-24(22)27(31)34-15-35-28)19-8-4-10-33-25(19)21-14-32-11-12-37-21/h1-10,13,15,21,32H,11-12,14H2,(H2,31,34,35,36). The van der Waals surface area contributed by atoms with E-state index in [-0.39, 0.29) is 17.7 Å². The molecule has 0 spiro atoms. The molecule has 2 aromatic carbocycles. The van der Waals surface area contributed by atoms with Gasteiger partial charge in [0, 0.05) is 46.0 Å². The summed E-state index contributed by atoms with van der Waals surface area (Å²) in [5, 5.41) is 3.92. The minimum absolute atomic E-state index is 0.267. The second kappa shape index (κ2) is 9.93. The monoisotopic (exact) mass is 556 g/mol. The van der Waals surface area contributed by atoms with E-state index >= 15 is 4.39 Å². The molecule has 0 aliphatic carbocycles. The Balaban J connectivity index is 1.77. The molecule has 0 saturated carbocycles. The van der Waals surface area contributed by atoms with E-state index in [0.29, 0.717) is 46.6 Å². The van der Waals surface area contributed by atoms with Gasteiger partial charge in [-0.25, -0.2) is 19.3 Å². The van der Waals surface area contributed by atoms with Crippen molar-refractivity contribution in [1.82, 2.24) is 25.3 Å². The Morgan fingerprint density at radius 1 is 0.973 bits per heavy atom. The van der Waals surface area contributed by atoms with Crippen molar-refractivity contribution in [2.45, 2.75) is 6.10 Å². The summed E-state index contributed by atoms with van der Waals surface area (Å²) in [6.45, 7) is 1.95. The quantitative estimate of drug-likeness (QED) is 0.298. The van der Waals surface area contributed by atoms with Gasteiger partial charge in [0.15, 0.2) is 5.65 Å². The summed E-state index contributed by atoms with van der Waals surface area (Å²) in [4.78, 5) is 18.4. The van der Waals surface area contributed by atoms with E-state index in [1.54, 1.807) is 24.4 Å². The SMILES string of the molecule is Nc1ncnc2nc(-c3cccnc3C3CNCCO3)c(-c3ccccc3F)c(-c3cccc(Br)c3)c12. The van der Waals surface area contributed by atoms with Gasteiger partial charge in [-0.2, -0.15) is 0 Å². The summed E-state index contributed by atoms with van der Waals surface area (Å²) in [7, 11) is 0. The molecule has 184 valence electrons. The molecule has 3 N–H and O–H groups in total. The largest absolute Gasteiger partial charge is 0.383 e. The zero-order chi connectivity index (χ0) is 25.4. The number of nitrogens with one attached hydrogen (secondary N) is 1. The molecule has 0 amide bonds. The highest BCUT2D eigenvalue weighted by atomic mass is 79.9. The number of aromatic nitrogens is 4. The molecule has 3 aromatic heterocycles. The van der Waals surface area contributed by atoms with Crippen molar-refractivity contribution < 1.29 is 9.13 Å². The van der Waals surface area contributed by atoms with Crippen LogP contribution in [0.1, 0.15) is 11.8 Å². The number of hydrogen-bond acceptors (Lipinski definition) is 7. The van der Waals surface area contributed by atoms with Crippen LogP contribution in [0.3, 0.4) is 0 Å². The minimum Gasteiger partial charge on any atom is -0.383 e. The predicted molar refractivity (Wildman–Crippen MR) is 145 cm³/mol. The summed E-state index contributed by atoms with van der Waals surface area (Å²) in [5.41, 5.74) is 11.3. The van der Waals surface area contributed by atoms with E-state index in [4.69, 9.17) is 15.5 Å². The van der Waals surface area contributed by atoms with Crippen LogP contribution in [0.25, 0.3) is 44.5 Å². The van der Waals surface area contributed by atoms with Crippen LogP contribution in [0.2, 0.25) is 0 Å². The molecule has 1 aliphatic rings. The Bertz CT molecular complexity index is 1620. The Morgan fingerprint density at radius 2 is 1.84 bits per heavy atom. The van der Waals surface area contributed by atoms with Gasteiger partial charge >= 0.3 is 0 Å². The lowest BCUT2D eigenvalue weighted by molar-refractivity contribution is 0.0254. The normalized spacial score (nSPS) is 15.7. The highest BCUT2D eigenvalue weighted by Gasteiger charge is 2.28. The van der Waals surface area contributed by atoms with Gasteiger partial charge < -0.3 is 15.8 Å². The lowest BCUT2D eigenvalue weighted by atomic mass is 9.88. The van der Waals surface area contributed by atoms with Crippen molar-refractivity contribution in [1.29, 1.82) is 0 Å². The third-order valence-electron chi connectivity index (χ3n) is 6.39. The molecular weight excluding hydrogens is 535 g/mol. The fourth-order valence-corrected chi connectivity index (χ4v) is 5.19. The Hall–Kier alpha value is -3.79. The van der Waals surface area contributed by atoms with Crippen LogP contribution in [-0.4, -0.2) is 39.6 Å². The lowest BCUT2D eigenvalue weighted by Gasteiger charge is -2.26. The molecule has 7 nitrogen and oxygen atoms in total. The van der Waals surface area contributed by atoms with Crippen LogP contribution in [0, 0.1) is 5.82 Å². The predicted octanol–water partition coefficient (Wildman–Crippen LogP) is 5.57. The molecule has 1 atom stereocenters. The maximum atomic E-state index is 15.6. The van der Waals surface area contributed by atoms with Crippen LogP contribution >= 0.6 is 15.9 Å². The zero-order valence-corrected chi connectivity index (χ0v) is 21.2. The van der Waals surface area contributed by atoms with Crippen LogP contribution in [-0.2, 0) is 4.74 Å². The topological polar surface area (TPSA) is 98.8 Å². The molecule has 1 unspecified atom stereocenters. The summed E-state index contributed by atoms with van der Waals surface area (Å²) in [6, 6.07) is 18.2. The molecule has 1 fully saturated rings. The van der Waals surface area contributed by atoms with Crippen molar-refractivity contribution in [3.05, 3.63) is 89.2 Å². The molecule has 1 aliphatic heterocycles. The first-order valence-corrected chi connectivity index (χ1v) is 12.6. The highest BCUT2D eigenvalue weighted by molar-refractivity contribution is 9.10. The molecule has 37 heavy (non-hydrogen) atoms.